The van der Waals surface area contributed by atoms with Crippen molar-refractivity contribution in [2.75, 3.05) is 49.1 Å². The molecule has 0 radical (unpaired) electrons. The maximum absolute atomic E-state index is 12.6. The van der Waals surface area contributed by atoms with Gasteiger partial charge < -0.3 is 28.9 Å². The molecule has 0 N–H and O–H groups in total. The fourth-order valence-electron chi connectivity index (χ4n) is 6.03. The summed E-state index contributed by atoms with van der Waals surface area (Å²) >= 11 is 0. The lowest BCUT2D eigenvalue weighted by atomic mass is 9.89. The number of pyridine rings is 2. The predicted molar refractivity (Wildman–Crippen MR) is 140 cm³/mol. The third-order valence-electron chi connectivity index (χ3n) is 8.61. The van der Waals surface area contributed by atoms with Gasteiger partial charge in [-0.25, -0.2) is 9.97 Å². The van der Waals surface area contributed by atoms with Gasteiger partial charge in [-0.1, -0.05) is 6.42 Å². The number of hydrogen-bond donors (Lipinski definition) is 0. The average molecular weight is 544 g/mol. The quantitative estimate of drug-likeness (QED) is 0.521. The molecule has 0 bridgehead atoms. The normalized spacial score (nSPS) is 22.8. The van der Waals surface area contributed by atoms with E-state index in [-0.39, 0.29) is 24.5 Å². The summed E-state index contributed by atoms with van der Waals surface area (Å²) in [6, 6.07) is 7.75. The molecule has 11 heteroatoms. The standard InChI is InChI=1S/C28H35F2N5O4/c29-27(30)39-25-7-5-22(17-32-25)35-19-28(37-18-26(35)36)10-14-34(15-11-28)21-4-6-24(31-16-21)38-23-8-12-33(13-9-23)20-2-1-3-20/h4-7,16-17,20,23,27H,1-3,8-15,18-19H2. The minimum atomic E-state index is -2.94. The minimum Gasteiger partial charge on any atom is -0.474 e. The number of piperidine rings is 2. The molecule has 0 atom stereocenters. The fourth-order valence-corrected chi connectivity index (χ4v) is 6.03. The number of hydrogen-bond acceptors (Lipinski definition) is 8. The zero-order valence-corrected chi connectivity index (χ0v) is 22.0. The first-order valence-corrected chi connectivity index (χ1v) is 13.9. The molecule has 4 aliphatic rings. The first kappa shape index (κ1) is 26.2. The molecule has 3 saturated heterocycles. The van der Waals surface area contributed by atoms with E-state index in [0.717, 1.165) is 63.6 Å². The number of nitrogens with zero attached hydrogens (tertiary/aromatic N) is 5. The highest BCUT2D eigenvalue weighted by molar-refractivity contribution is 5.95. The Labute approximate surface area is 227 Å². The predicted octanol–water partition coefficient (Wildman–Crippen LogP) is 3.88. The van der Waals surface area contributed by atoms with Crippen LogP contribution in [0.2, 0.25) is 0 Å². The van der Waals surface area contributed by atoms with Crippen molar-refractivity contribution in [2.24, 2.45) is 0 Å². The Kier molecular flexibility index (Phi) is 7.53. The number of likely N-dealkylation sites (tertiary alicyclic amines) is 1. The Morgan fingerprint density at radius 1 is 0.923 bits per heavy atom. The van der Waals surface area contributed by atoms with Gasteiger partial charge in [0, 0.05) is 44.4 Å². The molecule has 39 heavy (non-hydrogen) atoms. The minimum absolute atomic E-state index is 0.0253. The van der Waals surface area contributed by atoms with Crippen LogP contribution in [-0.2, 0) is 9.53 Å². The Morgan fingerprint density at radius 2 is 1.62 bits per heavy atom. The summed E-state index contributed by atoms with van der Waals surface area (Å²) in [5, 5.41) is 0. The van der Waals surface area contributed by atoms with Gasteiger partial charge in [0.15, 0.2) is 0 Å². The van der Waals surface area contributed by atoms with E-state index in [4.69, 9.17) is 9.47 Å². The number of rotatable bonds is 7. The highest BCUT2D eigenvalue weighted by Crippen LogP contribution is 2.35. The Morgan fingerprint density at radius 3 is 2.23 bits per heavy atom. The third kappa shape index (κ3) is 5.94. The van der Waals surface area contributed by atoms with E-state index >= 15 is 0 Å². The van der Waals surface area contributed by atoms with Crippen molar-refractivity contribution < 1.29 is 27.8 Å². The zero-order valence-electron chi connectivity index (χ0n) is 22.0. The molecule has 210 valence electrons. The molecule has 1 saturated carbocycles. The second-order valence-electron chi connectivity index (χ2n) is 11.0. The summed E-state index contributed by atoms with van der Waals surface area (Å²) in [5.74, 6) is 0.315. The van der Waals surface area contributed by atoms with Gasteiger partial charge in [-0.3, -0.25) is 4.79 Å². The first-order valence-electron chi connectivity index (χ1n) is 13.9. The van der Waals surface area contributed by atoms with Crippen LogP contribution in [0.1, 0.15) is 44.9 Å². The molecule has 1 amide bonds. The van der Waals surface area contributed by atoms with Crippen LogP contribution in [0, 0.1) is 0 Å². The summed E-state index contributed by atoms with van der Waals surface area (Å²) in [4.78, 5) is 27.6. The number of anilines is 2. The Bertz CT molecular complexity index is 1120. The number of carbonyl (C=O) groups is 1. The second kappa shape index (κ2) is 11.2. The molecular formula is C28H35F2N5O4. The van der Waals surface area contributed by atoms with Crippen molar-refractivity contribution in [1.29, 1.82) is 0 Å². The average Bonchev–Trinajstić information content (AvgIpc) is 2.92. The molecule has 0 aromatic carbocycles. The highest BCUT2D eigenvalue weighted by atomic mass is 19.3. The Hall–Kier alpha value is -3.05. The van der Waals surface area contributed by atoms with Gasteiger partial charge >= 0.3 is 6.61 Å². The van der Waals surface area contributed by atoms with Crippen LogP contribution in [0.15, 0.2) is 36.7 Å². The van der Waals surface area contributed by atoms with Crippen molar-refractivity contribution in [1.82, 2.24) is 14.9 Å². The van der Waals surface area contributed by atoms with Crippen LogP contribution in [0.3, 0.4) is 0 Å². The number of amides is 1. The lowest BCUT2D eigenvalue weighted by Crippen LogP contribution is -2.59. The van der Waals surface area contributed by atoms with E-state index in [1.165, 1.54) is 31.5 Å². The van der Waals surface area contributed by atoms with Gasteiger partial charge in [0.25, 0.3) is 5.91 Å². The van der Waals surface area contributed by atoms with Crippen molar-refractivity contribution >= 4 is 17.3 Å². The number of aromatic nitrogens is 2. The molecule has 5 heterocycles. The number of carbonyl (C=O) groups excluding carboxylic acids is 1. The molecular weight excluding hydrogens is 508 g/mol. The van der Waals surface area contributed by atoms with Crippen molar-refractivity contribution in [3.63, 3.8) is 0 Å². The van der Waals surface area contributed by atoms with E-state index in [1.807, 2.05) is 12.3 Å². The van der Waals surface area contributed by atoms with Crippen LogP contribution in [0.5, 0.6) is 11.8 Å². The molecule has 2 aromatic rings. The van der Waals surface area contributed by atoms with Crippen LogP contribution < -0.4 is 19.3 Å². The largest absolute Gasteiger partial charge is 0.474 e. The lowest BCUT2D eigenvalue weighted by Gasteiger charge is -2.47. The van der Waals surface area contributed by atoms with Gasteiger partial charge in [-0.05, 0) is 50.7 Å². The zero-order chi connectivity index (χ0) is 26.8. The number of ether oxygens (including phenoxy) is 3. The molecule has 3 aliphatic heterocycles. The van der Waals surface area contributed by atoms with Crippen LogP contribution in [0.4, 0.5) is 20.2 Å². The van der Waals surface area contributed by atoms with Crippen molar-refractivity contribution in [2.45, 2.75) is 69.3 Å². The number of morpholine rings is 1. The molecule has 6 rings (SSSR count). The van der Waals surface area contributed by atoms with Crippen molar-refractivity contribution in [3.8, 4) is 11.8 Å². The van der Waals surface area contributed by atoms with Crippen LogP contribution in [0.25, 0.3) is 0 Å². The molecule has 2 aromatic heterocycles. The molecule has 9 nitrogen and oxygen atoms in total. The molecule has 0 unspecified atom stereocenters. The van der Waals surface area contributed by atoms with Gasteiger partial charge in [0.1, 0.15) is 12.7 Å². The third-order valence-corrected chi connectivity index (χ3v) is 8.61. The smallest absolute Gasteiger partial charge is 0.388 e. The summed E-state index contributed by atoms with van der Waals surface area (Å²) in [6.07, 6.45) is 11.2. The van der Waals surface area contributed by atoms with E-state index in [1.54, 1.807) is 11.0 Å². The highest BCUT2D eigenvalue weighted by Gasteiger charge is 2.43. The maximum atomic E-state index is 12.6. The van der Waals surface area contributed by atoms with E-state index < -0.39 is 12.2 Å². The van der Waals surface area contributed by atoms with E-state index in [0.29, 0.717) is 18.1 Å². The first-order chi connectivity index (χ1) is 19.0. The van der Waals surface area contributed by atoms with E-state index in [2.05, 4.69) is 30.6 Å². The molecule has 1 aliphatic carbocycles. The van der Waals surface area contributed by atoms with E-state index in [9.17, 15) is 13.6 Å². The molecule has 1 spiro atoms. The maximum Gasteiger partial charge on any atom is 0.388 e. The van der Waals surface area contributed by atoms with Gasteiger partial charge in [0.05, 0.1) is 35.9 Å². The summed E-state index contributed by atoms with van der Waals surface area (Å²) in [6.45, 7) is 1.18. The SMILES string of the molecule is O=C1COC2(CCN(c3ccc(OC4CCN(C5CCC5)CC4)nc3)CC2)CN1c1ccc(OC(F)F)nc1. The Balaban J connectivity index is 1.01. The van der Waals surface area contributed by atoms with Gasteiger partial charge in [0.2, 0.25) is 11.8 Å². The summed E-state index contributed by atoms with van der Waals surface area (Å²) in [7, 11) is 0. The van der Waals surface area contributed by atoms with Crippen molar-refractivity contribution in [3.05, 3.63) is 36.7 Å². The summed E-state index contributed by atoms with van der Waals surface area (Å²) < 4.78 is 41.4. The molecule has 4 fully saturated rings. The van der Waals surface area contributed by atoms with Crippen LogP contribution in [-0.4, -0.2) is 84.5 Å². The number of halogens is 2. The summed E-state index contributed by atoms with van der Waals surface area (Å²) in [5.41, 5.74) is 1.12. The van der Waals surface area contributed by atoms with Gasteiger partial charge in [-0.15, -0.1) is 0 Å². The van der Waals surface area contributed by atoms with Crippen LogP contribution >= 0.6 is 0 Å². The van der Waals surface area contributed by atoms with Gasteiger partial charge in [-0.2, -0.15) is 8.78 Å². The second-order valence-corrected chi connectivity index (χ2v) is 11.0. The number of alkyl halides is 2. The lowest BCUT2D eigenvalue weighted by molar-refractivity contribution is -0.141. The fraction of sp³-hybridized carbons (Fsp3) is 0.607. The monoisotopic (exact) mass is 543 g/mol. The topological polar surface area (TPSA) is 80.3 Å².